The summed E-state index contributed by atoms with van der Waals surface area (Å²) in [5, 5.41) is 26.3. The molecular weight excluding hydrogens is 344 g/mol. The summed E-state index contributed by atoms with van der Waals surface area (Å²) in [6.07, 6.45) is -0.0949. The monoisotopic (exact) mass is 364 g/mol. The van der Waals surface area contributed by atoms with Crippen molar-refractivity contribution in [2.75, 3.05) is 0 Å². The summed E-state index contributed by atoms with van der Waals surface area (Å²) in [7, 11) is 0. The van der Waals surface area contributed by atoms with Crippen LogP contribution in [0.3, 0.4) is 0 Å². The molecule has 1 saturated heterocycles. The minimum atomic E-state index is -1.29. The van der Waals surface area contributed by atoms with Gasteiger partial charge in [0.1, 0.15) is 12.1 Å². The molecule has 1 aliphatic heterocycles. The van der Waals surface area contributed by atoms with Crippen LogP contribution in [0.5, 0.6) is 0 Å². The van der Waals surface area contributed by atoms with Crippen molar-refractivity contribution in [2.45, 2.75) is 37.8 Å². The molecule has 1 fully saturated rings. The molecule has 0 aromatic rings. The molecule has 25 heavy (non-hydrogen) atoms. The highest BCUT2D eigenvalue weighted by Gasteiger charge is 2.16. The van der Waals surface area contributed by atoms with E-state index in [0.717, 1.165) is 0 Å². The van der Waals surface area contributed by atoms with Crippen LogP contribution in [0.25, 0.3) is 0 Å². The van der Waals surface area contributed by atoms with Crippen LogP contribution in [0, 0.1) is 0 Å². The van der Waals surface area contributed by atoms with E-state index >= 15 is 0 Å². The van der Waals surface area contributed by atoms with Crippen LogP contribution in [-0.2, 0) is 28.8 Å². The Kier molecular flexibility index (Phi) is 12.0. The number of amides is 3. The molecule has 0 bridgehead atoms. The minimum absolute atomic E-state index is 0.148. The molecule has 13 nitrogen and oxygen atoms in total. The van der Waals surface area contributed by atoms with Crippen molar-refractivity contribution < 1.29 is 44.1 Å². The number of carboxylic acid groups (broad SMARTS) is 3. The van der Waals surface area contributed by atoms with Crippen molar-refractivity contribution in [2.24, 2.45) is 17.2 Å². The lowest BCUT2D eigenvalue weighted by Crippen LogP contribution is -2.34. The van der Waals surface area contributed by atoms with Crippen molar-refractivity contribution in [1.29, 1.82) is 0 Å². The zero-order valence-electron chi connectivity index (χ0n) is 13.0. The van der Waals surface area contributed by atoms with Crippen LogP contribution < -0.4 is 22.5 Å². The van der Waals surface area contributed by atoms with Crippen molar-refractivity contribution >= 4 is 35.6 Å². The van der Waals surface area contributed by atoms with E-state index in [2.05, 4.69) is 11.1 Å². The summed E-state index contributed by atoms with van der Waals surface area (Å²) >= 11 is 0. The van der Waals surface area contributed by atoms with E-state index in [9.17, 15) is 28.8 Å². The molecule has 1 rings (SSSR count). The number of rotatable bonds is 6. The van der Waals surface area contributed by atoms with Crippen LogP contribution in [0.15, 0.2) is 0 Å². The van der Waals surface area contributed by atoms with E-state index in [4.69, 9.17) is 26.8 Å². The van der Waals surface area contributed by atoms with Gasteiger partial charge in [-0.3, -0.25) is 34.1 Å². The average molecular weight is 364 g/mol. The van der Waals surface area contributed by atoms with Gasteiger partial charge in [0.25, 0.3) is 0 Å². The summed E-state index contributed by atoms with van der Waals surface area (Å²) in [5.74, 6) is -4.71. The van der Waals surface area contributed by atoms with E-state index in [1.807, 2.05) is 0 Å². The Hall–Kier alpha value is -3.06. The lowest BCUT2D eigenvalue weighted by Gasteiger charge is -1.99. The van der Waals surface area contributed by atoms with Gasteiger partial charge in [0.2, 0.25) is 17.7 Å². The van der Waals surface area contributed by atoms with Gasteiger partial charge in [-0.2, -0.15) is 0 Å². The smallest absolute Gasteiger partial charge is 0.321 e. The SMILES string of the molecule is NC(=O)C[C@H](N)C(=O)O.N[C@@H](CC(=O)O)C(=O)O.O=C1CCC(=O)N1. The molecule has 142 valence electrons. The first-order valence-electron chi connectivity index (χ1n) is 6.66. The second-order valence-electron chi connectivity index (χ2n) is 4.63. The predicted molar refractivity (Wildman–Crippen MR) is 79.7 cm³/mol. The van der Waals surface area contributed by atoms with Crippen LogP contribution in [-0.4, -0.2) is 63.0 Å². The molecular formula is C12H20N4O9. The van der Waals surface area contributed by atoms with E-state index in [1.165, 1.54) is 0 Å². The number of carbonyl (C=O) groups excluding carboxylic acids is 3. The Morgan fingerprint density at radius 1 is 0.880 bits per heavy atom. The average Bonchev–Trinajstić information content (AvgIpc) is 2.82. The van der Waals surface area contributed by atoms with Crippen LogP contribution in [0.4, 0.5) is 0 Å². The first kappa shape index (κ1) is 24.2. The van der Waals surface area contributed by atoms with Gasteiger partial charge in [0.05, 0.1) is 12.8 Å². The van der Waals surface area contributed by atoms with Gasteiger partial charge in [0.15, 0.2) is 0 Å². The van der Waals surface area contributed by atoms with Crippen molar-refractivity contribution in [1.82, 2.24) is 5.32 Å². The number of nitrogens with one attached hydrogen (secondary N) is 1. The lowest BCUT2D eigenvalue weighted by molar-refractivity contribution is -0.144. The third kappa shape index (κ3) is 15.6. The quantitative estimate of drug-likeness (QED) is 0.228. The summed E-state index contributed by atoms with van der Waals surface area (Å²) in [5.41, 5.74) is 14.4. The Bertz CT molecular complexity index is 489. The molecule has 0 aliphatic carbocycles. The maximum Gasteiger partial charge on any atom is 0.321 e. The Balaban J connectivity index is 0. The molecule has 0 unspecified atom stereocenters. The normalized spacial score (nSPS) is 14.6. The van der Waals surface area contributed by atoms with Crippen LogP contribution in [0.1, 0.15) is 25.7 Å². The number of hydrogen-bond acceptors (Lipinski definition) is 8. The number of nitrogens with two attached hydrogens (primary N) is 3. The van der Waals surface area contributed by atoms with Crippen molar-refractivity contribution in [3.05, 3.63) is 0 Å². The second kappa shape index (κ2) is 12.4. The molecule has 13 heteroatoms. The second-order valence-corrected chi connectivity index (χ2v) is 4.63. The fraction of sp³-hybridized carbons (Fsp3) is 0.500. The van der Waals surface area contributed by atoms with Crippen molar-refractivity contribution in [3.63, 3.8) is 0 Å². The molecule has 0 radical (unpaired) electrons. The molecule has 1 aliphatic rings. The third-order valence-corrected chi connectivity index (χ3v) is 2.31. The first-order valence-corrected chi connectivity index (χ1v) is 6.66. The number of aliphatic carboxylic acids is 3. The molecule has 10 N–H and O–H groups in total. The summed E-state index contributed by atoms with van der Waals surface area (Å²) in [6, 6.07) is -2.45. The number of carboxylic acids is 3. The van der Waals surface area contributed by atoms with Gasteiger partial charge < -0.3 is 32.5 Å². The summed E-state index contributed by atoms with van der Waals surface area (Å²) in [4.78, 5) is 59.8. The Labute approximate surface area is 141 Å². The molecule has 0 spiro atoms. The third-order valence-electron chi connectivity index (χ3n) is 2.31. The van der Waals surface area contributed by atoms with Gasteiger partial charge >= 0.3 is 17.9 Å². The Morgan fingerprint density at radius 2 is 1.24 bits per heavy atom. The van der Waals surface area contributed by atoms with E-state index in [-0.39, 0.29) is 18.2 Å². The van der Waals surface area contributed by atoms with Crippen molar-refractivity contribution in [3.8, 4) is 0 Å². The minimum Gasteiger partial charge on any atom is -0.481 e. The first-order chi connectivity index (χ1) is 11.4. The molecule has 2 atom stereocenters. The molecule has 0 aromatic heterocycles. The largest absolute Gasteiger partial charge is 0.481 e. The zero-order chi connectivity index (χ0) is 20.2. The zero-order valence-corrected chi connectivity index (χ0v) is 13.0. The highest BCUT2D eigenvalue weighted by Crippen LogP contribution is 1.95. The van der Waals surface area contributed by atoms with Gasteiger partial charge in [-0.15, -0.1) is 0 Å². The summed E-state index contributed by atoms with van der Waals surface area (Å²) in [6.45, 7) is 0. The van der Waals surface area contributed by atoms with E-state index in [1.54, 1.807) is 0 Å². The summed E-state index contributed by atoms with van der Waals surface area (Å²) < 4.78 is 0. The predicted octanol–water partition coefficient (Wildman–Crippen LogP) is -3.43. The number of carbonyl (C=O) groups is 6. The van der Waals surface area contributed by atoms with Gasteiger partial charge in [-0.05, 0) is 0 Å². The van der Waals surface area contributed by atoms with Gasteiger partial charge in [0, 0.05) is 12.8 Å². The highest BCUT2D eigenvalue weighted by atomic mass is 16.4. The van der Waals surface area contributed by atoms with Crippen LogP contribution >= 0.6 is 0 Å². The highest BCUT2D eigenvalue weighted by molar-refractivity contribution is 6.01. The standard InChI is InChI=1S/C4H8N2O3.C4H7NO4.C4H5NO2/c2*5-2(4(8)9)1-3(6)7;6-3-1-2-4(7)5-3/h2H,1,5H2,(H2,6,7)(H,8,9);2H,1,5H2,(H,6,7)(H,8,9);1-2H2,(H,5,6,7)/t2*2-;/m00./s1. The molecule has 0 aromatic carbocycles. The maximum absolute atomic E-state index is 10.1. The molecule has 3 amide bonds. The number of hydrogen-bond donors (Lipinski definition) is 7. The molecule has 0 saturated carbocycles. The van der Waals surface area contributed by atoms with Gasteiger partial charge in [-0.25, -0.2) is 0 Å². The van der Waals surface area contributed by atoms with E-state index < -0.39 is 42.3 Å². The van der Waals surface area contributed by atoms with Gasteiger partial charge in [-0.1, -0.05) is 0 Å². The fourth-order valence-corrected chi connectivity index (χ4v) is 1.09. The number of imide groups is 1. The fourth-order valence-electron chi connectivity index (χ4n) is 1.09. The topological polar surface area (TPSA) is 253 Å². The molecule has 1 heterocycles. The lowest BCUT2D eigenvalue weighted by atomic mass is 10.2. The Morgan fingerprint density at radius 3 is 1.36 bits per heavy atom. The van der Waals surface area contributed by atoms with Crippen LogP contribution in [0.2, 0.25) is 0 Å². The number of primary amides is 1. The maximum atomic E-state index is 10.1. The van der Waals surface area contributed by atoms with E-state index in [0.29, 0.717) is 12.8 Å².